The van der Waals surface area contributed by atoms with Crippen molar-refractivity contribution in [3.05, 3.63) is 0 Å². The molecule has 26 heavy (non-hydrogen) atoms. The van der Waals surface area contributed by atoms with Gasteiger partial charge in [0.05, 0.1) is 17.9 Å². The molecule has 2 saturated carbocycles. The van der Waals surface area contributed by atoms with Gasteiger partial charge in [-0.2, -0.15) is 0 Å². The number of nitrogens with zero attached hydrogens (tertiary/aromatic N) is 1. The standard InChI is InChI=1S/C20H35NO5/c1-2-3-4-5-6-7-8-15(22)10-9-14-11-16-17(20(14)25)12-18(16)21-26-13-19(23)24/h14-17,20,22,25H,2-13H2,1H3,(H,23,24)/b21-18-. The van der Waals surface area contributed by atoms with E-state index in [2.05, 4.69) is 12.1 Å². The Morgan fingerprint density at radius 2 is 1.96 bits per heavy atom. The maximum absolute atomic E-state index is 10.5. The highest BCUT2D eigenvalue weighted by Crippen LogP contribution is 2.49. The van der Waals surface area contributed by atoms with Gasteiger partial charge in [0.1, 0.15) is 0 Å². The van der Waals surface area contributed by atoms with E-state index in [0.29, 0.717) is 6.42 Å². The molecule has 0 saturated heterocycles. The minimum atomic E-state index is -1.03. The highest BCUT2D eigenvalue weighted by molar-refractivity contribution is 5.93. The van der Waals surface area contributed by atoms with Gasteiger partial charge in [-0.1, -0.05) is 50.6 Å². The molecule has 0 spiro atoms. The van der Waals surface area contributed by atoms with Gasteiger partial charge in [0.15, 0.2) is 0 Å². The fourth-order valence-electron chi connectivity index (χ4n) is 4.38. The average Bonchev–Trinajstić information content (AvgIpc) is 2.83. The quantitative estimate of drug-likeness (QED) is 0.341. The van der Waals surface area contributed by atoms with Crippen molar-refractivity contribution in [1.29, 1.82) is 0 Å². The van der Waals surface area contributed by atoms with Gasteiger partial charge in [0.25, 0.3) is 0 Å². The Hall–Kier alpha value is -1.14. The highest BCUT2D eigenvalue weighted by atomic mass is 16.6. The van der Waals surface area contributed by atoms with Crippen LogP contribution in [0.4, 0.5) is 0 Å². The lowest BCUT2D eigenvalue weighted by atomic mass is 9.73. The zero-order valence-corrected chi connectivity index (χ0v) is 16.0. The lowest BCUT2D eigenvalue weighted by Crippen LogP contribution is -2.38. The number of hydrogen-bond donors (Lipinski definition) is 3. The number of carboxylic acid groups (broad SMARTS) is 1. The maximum Gasteiger partial charge on any atom is 0.344 e. The fraction of sp³-hybridized carbons (Fsp3) is 0.900. The summed E-state index contributed by atoms with van der Waals surface area (Å²) in [5.74, 6) is -0.382. The Kier molecular flexibility index (Phi) is 8.85. The number of hydrogen-bond acceptors (Lipinski definition) is 5. The van der Waals surface area contributed by atoms with Gasteiger partial charge in [0.2, 0.25) is 6.61 Å². The van der Waals surface area contributed by atoms with Gasteiger partial charge >= 0.3 is 5.97 Å². The fourth-order valence-corrected chi connectivity index (χ4v) is 4.38. The summed E-state index contributed by atoms with van der Waals surface area (Å²) in [6, 6.07) is 0. The van der Waals surface area contributed by atoms with E-state index in [1.165, 1.54) is 32.1 Å². The Morgan fingerprint density at radius 1 is 1.23 bits per heavy atom. The molecule has 2 aliphatic carbocycles. The van der Waals surface area contributed by atoms with Gasteiger partial charge in [0, 0.05) is 5.92 Å². The van der Waals surface area contributed by atoms with Crippen LogP contribution in [0.3, 0.4) is 0 Å². The lowest BCUT2D eigenvalue weighted by Gasteiger charge is -2.33. The number of aliphatic hydroxyl groups is 2. The molecule has 0 heterocycles. The van der Waals surface area contributed by atoms with Gasteiger partial charge in [-0.3, -0.25) is 0 Å². The van der Waals surface area contributed by atoms with Crippen LogP contribution in [0.5, 0.6) is 0 Å². The van der Waals surface area contributed by atoms with Crippen molar-refractivity contribution in [3.8, 4) is 0 Å². The van der Waals surface area contributed by atoms with Crippen molar-refractivity contribution in [2.24, 2.45) is 22.9 Å². The zero-order chi connectivity index (χ0) is 18.9. The number of rotatable bonds is 13. The van der Waals surface area contributed by atoms with E-state index in [-0.39, 0.29) is 30.0 Å². The van der Waals surface area contributed by atoms with Crippen LogP contribution in [-0.2, 0) is 9.63 Å². The third-order valence-electron chi connectivity index (χ3n) is 6.00. The van der Waals surface area contributed by atoms with Crippen LogP contribution in [0.2, 0.25) is 0 Å². The molecule has 2 rings (SSSR count). The van der Waals surface area contributed by atoms with E-state index in [9.17, 15) is 15.0 Å². The van der Waals surface area contributed by atoms with Gasteiger partial charge in [-0.15, -0.1) is 0 Å². The van der Waals surface area contributed by atoms with Crippen LogP contribution in [0.25, 0.3) is 0 Å². The molecule has 2 fully saturated rings. The first-order chi connectivity index (χ1) is 12.5. The summed E-state index contributed by atoms with van der Waals surface area (Å²) in [6.45, 7) is 1.79. The van der Waals surface area contributed by atoms with Crippen LogP contribution in [0, 0.1) is 17.8 Å². The van der Waals surface area contributed by atoms with E-state index >= 15 is 0 Å². The van der Waals surface area contributed by atoms with E-state index in [4.69, 9.17) is 9.94 Å². The van der Waals surface area contributed by atoms with Crippen molar-refractivity contribution < 1.29 is 25.0 Å². The first kappa shape index (κ1) is 21.2. The largest absolute Gasteiger partial charge is 0.479 e. The number of carboxylic acids is 1. The highest BCUT2D eigenvalue weighted by Gasteiger charge is 2.51. The Bertz CT molecular complexity index is 467. The van der Waals surface area contributed by atoms with Crippen molar-refractivity contribution in [1.82, 2.24) is 0 Å². The molecule has 2 aliphatic rings. The summed E-state index contributed by atoms with van der Waals surface area (Å²) >= 11 is 0. The molecule has 5 atom stereocenters. The number of oxime groups is 1. The monoisotopic (exact) mass is 369 g/mol. The second kappa shape index (κ2) is 10.9. The van der Waals surface area contributed by atoms with Gasteiger partial charge in [-0.25, -0.2) is 4.79 Å². The lowest BCUT2D eigenvalue weighted by molar-refractivity contribution is -0.142. The minimum absolute atomic E-state index is 0.205. The molecule has 6 nitrogen and oxygen atoms in total. The van der Waals surface area contributed by atoms with Crippen LogP contribution in [0.1, 0.15) is 77.6 Å². The second-order valence-corrected chi connectivity index (χ2v) is 8.00. The number of aliphatic hydroxyl groups excluding tert-OH is 2. The van der Waals surface area contributed by atoms with Crippen LogP contribution >= 0.6 is 0 Å². The number of unbranched alkanes of at least 4 members (excludes halogenated alkanes) is 5. The molecule has 150 valence electrons. The predicted octanol–water partition coefficient (Wildman–Crippen LogP) is 3.35. The van der Waals surface area contributed by atoms with Crippen molar-refractivity contribution in [2.45, 2.75) is 89.8 Å². The molecule has 0 aliphatic heterocycles. The first-order valence-electron chi connectivity index (χ1n) is 10.3. The number of fused-ring (bicyclic) bond motifs is 1. The molecule has 0 radical (unpaired) electrons. The summed E-state index contributed by atoms with van der Waals surface area (Å²) in [5.41, 5.74) is 0.880. The average molecular weight is 370 g/mol. The third kappa shape index (κ3) is 6.23. The zero-order valence-electron chi connectivity index (χ0n) is 16.0. The molecule has 5 unspecified atom stereocenters. The Balaban J connectivity index is 1.61. The molecule has 0 aromatic heterocycles. The molecule has 6 heteroatoms. The van der Waals surface area contributed by atoms with E-state index in [1.807, 2.05) is 0 Å². The van der Waals surface area contributed by atoms with Crippen LogP contribution < -0.4 is 0 Å². The minimum Gasteiger partial charge on any atom is -0.479 e. The predicted molar refractivity (Wildman–Crippen MR) is 100.0 cm³/mol. The maximum atomic E-state index is 10.5. The van der Waals surface area contributed by atoms with E-state index in [1.54, 1.807) is 0 Å². The number of carbonyl (C=O) groups is 1. The summed E-state index contributed by atoms with van der Waals surface area (Å²) in [4.78, 5) is 15.3. The summed E-state index contributed by atoms with van der Waals surface area (Å²) in [7, 11) is 0. The summed E-state index contributed by atoms with van der Waals surface area (Å²) < 4.78 is 0. The first-order valence-corrected chi connectivity index (χ1v) is 10.3. The second-order valence-electron chi connectivity index (χ2n) is 8.00. The van der Waals surface area contributed by atoms with Crippen molar-refractivity contribution >= 4 is 11.7 Å². The van der Waals surface area contributed by atoms with Crippen LogP contribution in [0.15, 0.2) is 5.16 Å². The molecule has 0 bridgehead atoms. The van der Waals surface area contributed by atoms with Crippen molar-refractivity contribution in [2.75, 3.05) is 6.61 Å². The molecular weight excluding hydrogens is 334 g/mol. The summed E-state index contributed by atoms with van der Waals surface area (Å²) in [6.07, 6.45) is 10.8. The Labute approximate surface area is 156 Å². The van der Waals surface area contributed by atoms with Gasteiger partial charge in [-0.05, 0) is 43.9 Å². The molecular formula is C20H35NO5. The molecule has 0 amide bonds. The topological polar surface area (TPSA) is 99.4 Å². The SMILES string of the molecule is CCCCCCCCC(O)CCC1CC2/C(=N\OCC(=O)O)CC2C1O. The molecule has 0 aromatic carbocycles. The molecule has 0 aromatic rings. The van der Waals surface area contributed by atoms with E-state index in [0.717, 1.165) is 37.8 Å². The number of aliphatic carboxylic acids is 1. The van der Waals surface area contributed by atoms with Crippen LogP contribution in [-0.4, -0.2) is 45.8 Å². The smallest absolute Gasteiger partial charge is 0.344 e. The van der Waals surface area contributed by atoms with Crippen molar-refractivity contribution in [3.63, 3.8) is 0 Å². The van der Waals surface area contributed by atoms with E-state index < -0.39 is 12.6 Å². The summed E-state index contributed by atoms with van der Waals surface area (Å²) in [5, 5.41) is 33.1. The third-order valence-corrected chi connectivity index (χ3v) is 6.00. The normalized spacial score (nSPS) is 30.0. The molecule has 3 N–H and O–H groups in total. The Morgan fingerprint density at radius 3 is 2.69 bits per heavy atom. The van der Waals surface area contributed by atoms with Gasteiger partial charge < -0.3 is 20.2 Å².